The SMILES string of the molecule is COc1ccc(-c2nc3ccccn3c2N=Nc2ccccc2C#N)cc1. The van der Waals surface area contributed by atoms with E-state index in [1.807, 2.05) is 59.1 Å². The van der Waals surface area contributed by atoms with E-state index in [1.165, 1.54) is 0 Å². The number of nitriles is 1. The summed E-state index contributed by atoms with van der Waals surface area (Å²) in [6, 6.07) is 22.6. The van der Waals surface area contributed by atoms with E-state index in [9.17, 15) is 5.26 Å². The van der Waals surface area contributed by atoms with Gasteiger partial charge < -0.3 is 4.74 Å². The lowest BCUT2D eigenvalue weighted by Crippen LogP contribution is -1.84. The highest BCUT2D eigenvalue weighted by Gasteiger charge is 2.14. The topological polar surface area (TPSA) is 75.0 Å². The molecule has 0 spiro atoms. The van der Waals surface area contributed by atoms with E-state index in [0.717, 1.165) is 17.0 Å². The Morgan fingerprint density at radius 3 is 2.52 bits per heavy atom. The number of hydrogen-bond acceptors (Lipinski definition) is 5. The molecule has 0 saturated heterocycles. The van der Waals surface area contributed by atoms with Gasteiger partial charge in [0.2, 0.25) is 0 Å². The zero-order valence-corrected chi connectivity index (χ0v) is 14.6. The maximum absolute atomic E-state index is 9.25. The molecule has 2 heterocycles. The molecule has 4 rings (SSSR count). The molecule has 0 aliphatic rings. The minimum absolute atomic E-state index is 0.473. The van der Waals surface area contributed by atoms with Gasteiger partial charge in [-0.3, -0.25) is 4.40 Å². The molecule has 4 aromatic rings. The van der Waals surface area contributed by atoms with Gasteiger partial charge >= 0.3 is 0 Å². The maximum Gasteiger partial charge on any atom is 0.187 e. The Morgan fingerprint density at radius 1 is 0.963 bits per heavy atom. The highest BCUT2D eigenvalue weighted by molar-refractivity contribution is 5.74. The molecule has 0 amide bonds. The average Bonchev–Trinajstić information content (AvgIpc) is 3.11. The number of methoxy groups -OCH3 is 1. The first-order valence-corrected chi connectivity index (χ1v) is 8.32. The number of benzene rings is 2. The Balaban J connectivity index is 1.85. The fraction of sp³-hybridized carbons (Fsp3) is 0.0476. The van der Waals surface area contributed by atoms with E-state index in [1.54, 1.807) is 25.3 Å². The summed E-state index contributed by atoms with van der Waals surface area (Å²) < 4.78 is 7.10. The van der Waals surface area contributed by atoms with Crippen molar-refractivity contribution >= 4 is 17.2 Å². The van der Waals surface area contributed by atoms with Crippen molar-refractivity contribution in [2.45, 2.75) is 0 Å². The van der Waals surface area contributed by atoms with E-state index in [4.69, 9.17) is 9.72 Å². The monoisotopic (exact) mass is 353 g/mol. The van der Waals surface area contributed by atoms with Gasteiger partial charge in [0.15, 0.2) is 5.82 Å². The molecule has 0 fully saturated rings. The van der Waals surface area contributed by atoms with Crippen molar-refractivity contribution in [3.8, 4) is 23.1 Å². The van der Waals surface area contributed by atoms with Crippen molar-refractivity contribution in [3.05, 3.63) is 78.5 Å². The predicted octanol–water partition coefficient (Wildman–Crippen LogP) is 5.30. The van der Waals surface area contributed by atoms with Crippen LogP contribution in [0.3, 0.4) is 0 Å². The van der Waals surface area contributed by atoms with Gasteiger partial charge in [-0.1, -0.05) is 18.2 Å². The fourth-order valence-electron chi connectivity index (χ4n) is 2.78. The lowest BCUT2D eigenvalue weighted by Gasteiger charge is -2.02. The second-order valence-electron chi connectivity index (χ2n) is 5.77. The number of imidazole rings is 1. The summed E-state index contributed by atoms with van der Waals surface area (Å²) in [6.07, 6.45) is 1.89. The number of rotatable bonds is 4. The molecule has 6 nitrogen and oxygen atoms in total. The van der Waals surface area contributed by atoms with Crippen LogP contribution < -0.4 is 4.74 Å². The third-order valence-corrected chi connectivity index (χ3v) is 4.15. The molecule has 0 unspecified atom stereocenters. The Morgan fingerprint density at radius 2 is 1.74 bits per heavy atom. The molecular formula is C21H15N5O. The summed E-state index contributed by atoms with van der Waals surface area (Å²) in [4.78, 5) is 4.70. The minimum Gasteiger partial charge on any atom is -0.497 e. The summed E-state index contributed by atoms with van der Waals surface area (Å²) in [5.41, 5.74) is 3.38. The van der Waals surface area contributed by atoms with Crippen LogP contribution in [0.5, 0.6) is 5.75 Å². The first-order chi connectivity index (χ1) is 13.3. The standard InChI is InChI=1S/C21H15N5O/c1-27-17-11-9-15(10-12-17)20-21(26-13-5-4-8-19(26)23-20)25-24-18-7-3-2-6-16(18)14-22/h2-13H,1H3. The van der Waals surface area contributed by atoms with Crippen LogP contribution in [-0.4, -0.2) is 16.5 Å². The van der Waals surface area contributed by atoms with Crippen LogP contribution in [-0.2, 0) is 0 Å². The van der Waals surface area contributed by atoms with E-state index in [2.05, 4.69) is 16.3 Å². The number of hydrogen-bond donors (Lipinski definition) is 0. The van der Waals surface area contributed by atoms with Crippen molar-refractivity contribution in [1.82, 2.24) is 9.38 Å². The van der Waals surface area contributed by atoms with E-state index in [-0.39, 0.29) is 0 Å². The Hall–Kier alpha value is -3.98. The lowest BCUT2D eigenvalue weighted by atomic mass is 10.1. The molecule has 0 N–H and O–H groups in total. The Bertz CT molecular complexity index is 1170. The Kier molecular flexibility index (Phi) is 4.33. The number of ether oxygens (including phenoxy) is 1. The lowest BCUT2D eigenvalue weighted by molar-refractivity contribution is 0.415. The van der Waals surface area contributed by atoms with E-state index in [0.29, 0.717) is 22.8 Å². The molecule has 0 aliphatic heterocycles. The summed E-state index contributed by atoms with van der Waals surface area (Å²) in [6.45, 7) is 0. The molecule has 2 aromatic carbocycles. The molecule has 0 saturated carbocycles. The predicted molar refractivity (Wildman–Crippen MR) is 103 cm³/mol. The highest BCUT2D eigenvalue weighted by Crippen LogP contribution is 2.33. The van der Waals surface area contributed by atoms with Crippen LogP contribution in [0.4, 0.5) is 11.5 Å². The van der Waals surface area contributed by atoms with Crippen LogP contribution in [0.2, 0.25) is 0 Å². The molecule has 0 atom stereocenters. The van der Waals surface area contributed by atoms with Crippen LogP contribution >= 0.6 is 0 Å². The Labute approximate surface area is 156 Å². The zero-order valence-electron chi connectivity index (χ0n) is 14.6. The highest BCUT2D eigenvalue weighted by atomic mass is 16.5. The van der Waals surface area contributed by atoms with Crippen LogP contribution in [0.1, 0.15) is 5.56 Å². The molecule has 0 aliphatic carbocycles. The third-order valence-electron chi connectivity index (χ3n) is 4.15. The summed E-state index contributed by atoms with van der Waals surface area (Å²) >= 11 is 0. The quantitative estimate of drug-likeness (QED) is 0.467. The second kappa shape index (κ2) is 7.10. The van der Waals surface area contributed by atoms with Gasteiger partial charge in [-0.05, 0) is 48.5 Å². The smallest absolute Gasteiger partial charge is 0.187 e. The van der Waals surface area contributed by atoms with Crippen LogP contribution in [0.15, 0.2) is 83.2 Å². The van der Waals surface area contributed by atoms with Crippen molar-refractivity contribution in [3.63, 3.8) is 0 Å². The third kappa shape index (κ3) is 3.14. The molecule has 6 heteroatoms. The van der Waals surface area contributed by atoms with Gasteiger partial charge in [-0.25, -0.2) is 4.98 Å². The number of nitrogens with zero attached hydrogens (tertiary/aromatic N) is 5. The minimum atomic E-state index is 0.473. The van der Waals surface area contributed by atoms with Gasteiger partial charge in [-0.2, -0.15) is 5.26 Å². The maximum atomic E-state index is 9.25. The van der Waals surface area contributed by atoms with E-state index < -0.39 is 0 Å². The van der Waals surface area contributed by atoms with Gasteiger partial charge in [0.1, 0.15) is 28.8 Å². The van der Waals surface area contributed by atoms with Crippen molar-refractivity contribution in [2.24, 2.45) is 10.2 Å². The number of azo groups is 1. The largest absolute Gasteiger partial charge is 0.497 e. The molecule has 0 bridgehead atoms. The number of fused-ring (bicyclic) bond motifs is 1. The summed E-state index contributed by atoms with van der Waals surface area (Å²) in [5.74, 6) is 1.37. The molecule has 130 valence electrons. The van der Waals surface area contributed by atoms with Crippen LogP contribution in [0.25, 0.3) is 16.9 Å². The summed E-state index contributed by atoms with van der Waals surface area (Å²) in [5, 5.41) is 18.0. The first kappa shape index (κ1) is 16.5. The van der Waals surface area contributed by atoms with Gasteiger partial charge in [-0.15, -0.1) is 10.2 Å². The normalized spacial score (nSPS) is 11.0. The first-order valence-electron chi connectivity index (χ1n) is 8.32. The van der Waals surface area contributed by atoms with Gasteiger partial charge in [0.05, 0.1) is 12.7 Å². The van der Waals surface area contributed by atoms with Crippen molar-refractivity contribution < 1.29 is 4.74 Å². The molecule has 2 aromatic heterocycles. The number of aromatic nitrogens is 2. The van der Waals surface area contributed by atoms with Gasteiger partial charge in [0.25, 0.3) is 0 Å². The second-order valence-corrected chi connectivity index (χ2v) is 5.77. The van der Waals surface area contributed by atoms with Crippen molar-refractivity contribution in [1.29, 1.82) is 5.26 Å². The average molecular weight is 353 g/mol. The van der Waals surface area contributed by atoms with Gasteiger partial charge in [0, 0.05) is 11.8 Å². The summed E-state index contributed by atoms with van der Waals surface area (Å²) in [7, 11) is 1.63. The van der Waals surface area contributed by atoms with Crippen LogP contribution in [0, 0.1) is 11.3 Å². The molecular weight excluding hydrogens is 338 g/mol. The fourth-order valence-corrected chi connectivity index (χ4v) is 2.78. The number of pyridine rings is 1. The van der Waals surface area contributed by atoms with Crippen molar-refractivity contribution in [2.75, 3.05) is 7.11 Å². The molecule has 0 radical (unpaired) electrons. The zero-order chi connectivity index (χ0) is 18.6. The molecule has 27 heavy (non-hydrogen) atoms. The van der Waals surface area contributed by atoms with E-state index >= 15 is 0 Å².